The molecule has 0 aromatic carbocycles. The van der Waals surface area contributed by atoms with Crippen molar-refractivity contribution in [2.24, 2.45) is 0 Å². The highest BCUT2D eigenvalue weighted by atomic mass is 16.4. The summed E-state index contributed by atoms with van der Waals surface area (Å²) >= 11 is 0. The fraction of sp³-hybridized carbons (Fsp3) is 0.800. The molecule has 0 aromatic heterocycles. The van der Waals surface area contributed by atoms with E-state index in [1.165, 1.54) is 18.7 Å². The number of carbonyl (C=O) groups excluding carboxylic acids is 2. The van der Waals surface area contributed by atoms with Crippen LogP contribution in [-0.2, 0) is 14.4 Å². The van der Waals surface area contributed by atoms with Crippen molar-refractivity contribution >= 4 is 17.8 Å². The van der Waals surface area contributed by atoms with Gasteiger partial charge in [-0.1, -0.05) is 25.7 Å². The van der Waals surface area contributed by atoms with E-state index >= 15 is 0 Å². The van der Waals surface area contributed by atoms with E-state index in [4.69, 9.17) is 5.11 Å². The van der Waals surface area contributed by atoms with Gasteiger partial charge in [-0.05, 0) is 26.7 Å². The average Bonchev–Trinajstić information content (AvgIpc) is 2.61. The number of nitrogens with zero attached hydrogens (tertiary/aromatic N) is 1. The molecule has 1 atom stereocenters. The molecule has 0 radical (unpaired) electrons. The molecule has 0 aromatic rings. The molecule has 2 rings (SSSR count). The number of rotatable bonds is 4. The second kappa shape index (κ2) is 6.13. The minimum atomic E-state index is -1.22. The first-order valence-corrected chi connectivity index (χ1v) is 7.70. The summed E-state index contributed by atoms with van der Waals surface area (Å²) < 4.78 is 0. The number of hydrogen-bond acceptors (Lipinski definition) is 4. The fourth-order valence-corrected chi connectivity index (χ4v) is 3.16. The quantitative estimate of drug-likeness (QED) is 0.603. The van der Waals surface area contributed by atoms with Gasteiger partial charge in [0.25, 0.3) is 0 Å². The topological polar surface area (TPSA) is 86.7 Å². The summed E-state index contributed by atoms with van der Waals surface area (Å²) in [6.07, 6.45) is 6.19. The summed E-state index contributed by atoms with van der Waals surface area (Å²) in [7, 11) is 0. The van der Waals surface area contributed by atoms with Crippen LogP contribution < -0.4 is 5.32 Å². The molecule has 1 saturated carbocycles. The first kappa shape index (κ1) is 15.9. The molecule has 1 saturated heterocycles. The normalized spacial score (nSPS) is 25.2. The number of amides is 2. The predicted octanol–water partition coefficient (Wildman–Crippen LogP) is 1.29. The lowest BCUT2D eigenvalue weighted by Gasteiger charge is -2.27. The van der Waals surface area contributed by atoms with E-state index < -0.39 is 17.6 Å². The predicted molar refractivity (Wildman–Crippen MR) is 76.6 cm³/mol. The van der Waals surface area contributed by atoms with E-state index in [-0.39, 0.29) is 24.3 Å². The Morgan fingerprint density at radius 3 is 2.29 bits per heavy atom. The van der Waals surface area contributed by atoms with Crippen LogP contribution in [0.15, 0.2) is 0 Å². The van der Waals surface area contributed by atoms with Gasteiger partial charge in [-0.15, -0.1) is 0 Å². The van der Waals surface area contributed by atoms with Crippen molar-refractivity contribution in [2.45, 2.75) is 76.4 Å². The maximum Gasteiger partial charge on any atom is 0.323 e. The standard InChI is InChI=1S/C15H24N2O4/c1-15(2,14(20)21)16-11-9-12(18)17(13(11)19)10-7-5-3-4-6-8-10/h10-11,16H,3-9H2,1-2H3,(H,20,21). The Hall–Kier alpha value is -1.43. The molecule has 2 N–H and O–H groups in total. The first-order chi connectivity index (χ1) is 9.83. The van der Waals surface area contributed by atoms with Crippen LogP contribution >= 0.6 is 0 Å². The minimum Gasteiger partial charge on any atom is -0.480 e. The number of carboxylic acids is 1. The van der Waals surface area contributed by atoms with Gasteiger partial charge >= 0.3 is 5.97 Å². The second-order valence-electron chi connectivity index (χ2n) is 6.58. The van der Waals surface area contributed by atoms with E-state index in [0.29, 0.717) is 0 Å². The van der Waals surface area contributed by atoms with E-state index in [0.717, 1.165) is 38.5 Å². The van der Waals surface area contributed by atoms with Crippen molar-refractivity contribution in [3.8, 4) is 0 Å². The van der Waals surface area contributed by atoms with Crippen LogP contribution in [0.1, 0.15) is 58.8 Å². The summed E-state index contributed by atoms with van der Waals surface area (Å²) in [5, 5.41) is 11.9. The number of aliphatic carboxylic acids is 1. The van der Waals surface area contributed by atoms with Crippen molar-refractivity contribution in [1.82, 2.24) is 10.2 Å². The summed E-state index contributed by atoms with van der Waals surface area (Å²) in [5.74, 6) is -1.47. The number of likely N-dealkylation sites (tertiary alicyclic amines) is 1. The molecule has 6 nitrogen and oxygen atoms in total. The van der Waals surface area contributed by atoms with Gasteiger partial charge < -0.3 is 5.11 Å². The molecule has 1 heterocycles. The van der Waals surface area contributed by atoms with Crippen LogP contribution in [0.2, 0.25) is 0 Å². The summed E-state index contributed by atoms with van der Waals surface area (Å²) in [6, 6.07) is -0.723. The highest BCUT2D eigenvalue weighted by Gasteiger charge is 2.45. The van der Waals surface area contributed by atoms with Crippen LogP contribution in [-0.4, -0.2) is 45.4 Å². The smallest absolute Gasteiger partial charge is 0.323 e. The lowest BCUT2D eigenvalue weighted by molar-refractivity contribution is -0.144. The van der Waals surface area contributed by atoms with Crippen molar-refractivity contribution in [3.63, 3.8) is 0 Å². The number of carboxylic acid groups (broad SMARTS) is 1. The third kappa shape index (κ3) is 3.43. The zero-order valence-electron chi connectivity index (χ0n) is 12.7. The van der Waals surface area contributed by atoms with Gasteiger partial charge in [0.15, 0.2) is 0 Å². The van der Waals surface area contributed by atoms with E-state index in [9.17, 15) is 14.4 Å². The fourth-order valence-electron chi connectivity index (χ4n) is 3.16. The molecule has 2 fully saturated rings. The van der Waals surface area contributed by atoms with Gasteiger partial charge in [0.05, 0.1) is 12.5 Å². The zero-order valence-corrected chi connectivity index (χ0v) is 12.7. The number of hydrogen-bond donors (Lipinski definition) is 2. The van der Waals surface area contributed by atoms with Crippen LogP contribution in [0, 0.1) is 0 Å². The third-order valence-electron chi connectivity index (χ3n) is 4.44. The Kier molecular flexibility index (Phi) is 4.66. The van der Waals surface area contributed by atoms with Crippen molar-refractivity contribution in [2.75, 3.05) is 0 Å². The third-order valence-corrected chi connectivity index (χ3v) is 4.44. The summed E-state index contributed by atoms with van der Waals surface area (Å²) in [6.45, 7) is 3.00. The zero-order chi connectivity index (χ0) is 15.6. The van der Waals surface area contributed by atoms with Crippen LogP contribution in [0.3, 0.4) is 0 Å². The molecule has 1 aliphatic carbocycles. The van der Waals surface area contributed by atoms with Gasteiger partial charge in [0, 0.05) is 6.04 Å². The molecule has 118 valence electrons. The molecule has 0 bridgehead atoms. The lowest BCUT2D eigenvalue weighted by atomic mass is 10.0. The first-order valence-electron chi connectivity index (χ1n) is 7.70. The molecule has 6 heteroatoms. The Labute approximate surface area is 124 Å². The molecule has 2 amide bonds. The van der Waals surface area contributed by atoms with Gasteiger partial charge in [-0.3, -0.25) is 24.6 Å². The minimum absolute atomic E-state index is 0.00718. The molecular formula is C15H24N2O4. The summed E-state index contributed by atoms with van der Waals surface area (Å²) in [5.41, 5.74) is -1.22. The van der Waals surface area contributed by atoms with Gasteiger partial charge in [-0.2, -0.15) is 0 Å². The van der Waals surface area contributed by atoms with E-state index in [1.54, 1.807) is 0 Å². The molecule has 1 aliphatic heterocycles. The number of nitrogens with one attached hydrogen (secondary N) is 1. The molecule has 1 unspecified atom stereocenters. The number of carbonyl (C=O) groups is 3. The molecular weight excluding hydrogens is 272 g/mol. The van der Waals surface area contributed by atoms with Gasteiger partial charge in [-0.25, -0.2) is 0 Å². The molecule has 0 spiro atoms. The van der Waals surface area contributed by atoms with Crippen LogP contribution in [0.25, 0.3) is 0 Å². The summed E-state index contributed by atoms with van der Waals surface area (Å²) in [4.78, 5) is 37.2. The number of imide groups is 1. The van der Waals surface area contributed by atoms with Crippen molar-refractivity contribution in [1.29, 1.82) is 0 Å². The van der Waals surface area contributed by atoms with Crippen LogP contribution in [0.4, 0.5) is 0 Å². The van der Waals surface area contributed by atoms with Gasteiger partial charge in [0.1, 0.15) is 5.54 Å². The van der Waals surface area contributed by atoms with E-state index in [1.807, 2.05) is 0 Å². The van der Waals surface area contributed by atoms with Crippen molar-refractivity contribution in [3.05, 3.63) is 0 Å². The largest absolute Gasteiger partial charge is 0.480 e. The van der Waals surface area contributed by atoms with Crippen LogP contribution in [0.5, 0.6) is 0 Å². The highest BCUT2D eigenvalue weighted by Crippen LogP contribution is 2.27. The maximum atomic E-state index is 12.5. The average molecular weight is 296 g/mol. The van der Waals surface area contributed by atoms with Crippen molar-refractivity contribution < 1.29 is 19.5 Å². The Morgan fingerprint density at radius 1 is 1.19 bits per heavy atom. The lowest BCUT2D eigenvalue weighted by Crippen LogP contribution is -2.54. The highest BCUT2D eigenvalue weighted by molar-refractivity contribution is 6.06. The monoisotopic (exact) mass is 296 g/mol. The Balaban J connectivity index is 2.07. The Bertz CT molecular complexity index is 439. The Morgan fingerprint density at radius 2 is 1.76 bits per heavy atom. The molecule has 21 heavy (non-hydrogen) atoms. The van der Waals surface area contributed by atoms with Gasteiger partial charge in [0.2, 0.25) is 11.8 Å². The second-order valence-corrected chi connectivity index (χ2v) is 6.58. The maximum absolute atomic E-state index is 12.5. The molecule has 2 aliphatic rings. The SMILES string of the molecule is CC(C)(NC1CC(=O)N(C2CCCCCC2)C1=O)C(=O)O. The van der Waals surface area contributed by atoms with E-state index in [2.05, 4.69) is 5.32 Å².